The van der Waals surface area contributed by atoms with Gasteiger partial charge in [0.05, 0.1) is 4.90 Å². The van der Waals surface area contributed by atoms with Crippen molar-refractivity contribution in [3.8, 4) is 0 Å². The van der Waals surface area contributed by atoms with Crippen LogP contribution < -0.4 is 5.32 Å². The van der Waals surface area contributed by atoms with E-state index < -0.39 is 9.84 Å². The summed E-state index contributed by atoms with van der Waals surface area (Å²) in [5.41, 5.74) is 0.939. The van der Waals surface area contributed by atoms with Gasteiger partial charge < -0.3 is 5.32 Å². The normalized spacial score (nSPS) is 13.1. The molecule has 0 heterocycles. The quantitative estimate of drug-likeness (QED) is 0.793. The molecule has 1 aromatic carbocycles. The van der Waals surface area contributed by atoms with Crippen molar-refractivity contribution in [2.45, 2.75) is 30.7 Å². The molecule has 0 amide bonds. The van der Waals surface area contributed by atoms with Gasteiger partial charge in [0, 0.05) is 18.0 Å². The summed E-state index contributed by atoms with van der Waals surface area (Å²) in [5, 5.41) is 3.31. The second-order valence-electron chi connectivity index (χ2n) is 4.21. The summed E-state index contributed by atoms with van der Waals surface area (Å²) in [6.07, 6.45) is 5.08. The van der Waals surface area contributed by atoms with Gasteiger partial charge in [0.15, 0.2) is 9.84 Å². The van der Waals surface area contributed by atoms with Gasteiger partial charge in [0.25, 0.3) is 0 Å². The maximum Gasteiger partial charge on any atom is 0.175 e. The van der Waals surface area contributed by atoms with Crippen molar-refractivity contribution in [3.63, 3.8) is 0 Å². The van der Waals surface area contributed by atoms with Gasteiger partial charge in [-0.25, -0.2) is 8.42 Å². The van der Waals surface area contributed by atoms with Crippen LogP contribution in [0, 0.1) is 0 Å². The highest BCUT2D eigenvalue weighted by molar-refractivity contribution is 7.90. The van der Waals surface area contributed by atoms with Crippen LogP contribution in [0.5, 0.6) is 0 Å². The van der Waals surface area contributed by atoms with E-state index in [4.69, 9.17) is 0 Å². The Morgan fingerprint density at radius 3 is 2.41 bits per heavy atom. The molecule has 0 spiro atoms. The maximum atomic E-state index is 11.3. The van der Waals surface area contributed by atoms with Crippen LogP contribution in [0.2, 0.25) is 0 Å². The number of allylic oxidation sites excluding steroid dienone is 1. The monoisotopic (exact) mass is 253 g/mol. The number of nitrogens with one attached hydrogen (secondary N) is 1. The van der Waals surface area contributed by atoms with E-state index in [1.54, 1.807) is 24.3 Å². The predicted molar refractivity (Wildman–Crippen MR) is 72.1 cm³/mol. The van der Waals surface area contributed by atoms with E-state index in [0.29, 0.717) is 10.9 Å². The summed E-state index contributed by atoms with van der Waals surface area (Å²) in [4.78, 5) is 0.349. The molecule has 1 atom stereocenters. The summed E-state index contributed by atoms with van der Waals surface area (Å²) in [6.45, 7) is 5.78. The van der Waals surface area contributed by atoms with E-state index in [-0.39, 0.29) is 0 Å². The highest BCUT2D eigenvalue weighted by Gasteiger charge is 2.06. The minimum Gasteiger partial charge on any atom is -0.383 e. The molecule has 0 saturated heterocycles. The molecule has 0 aliphatic heterocycles. The minimum absolute atomic E-state index is 0.345. The molecule has 0 bridgehead atoms. The van der Waals surface area contributed by atoms with Gasteiger partial charge >= 0.3 is 0 Å². The molecule has 1 N–H and O–H groups in total. The van der Waals surface area contributed by atoms with E-state index in [9.17, 15) is 8.42 Å². The molecule has 4 heteroatoms. The molecule has 17 heavy (non-hydrogen) atoms. The Morgan fingerprint density at radius 2 is 1.94 bits per heavy atom. The second-order valence-corrected chi connectivity index (χ2v) is 6.22. The molecule has 1 unspecified atom stereocenters. The molecule has 94 valence electrons. The molecule has 1 aromatic rings. The Balaban J connectivity index is 2.65. The zero-order valence-electron chi connectivity index (χ0n) is 10.3. The molecule has 0 aliphatic carbocycles. The first-order valence-corrected chi connectivity index (χ1v) is 7.50. The summed E-state index contributed by atoms with van der Waals surface area (Å²) in [5.74, 6) is 0. The fraction of sp³-hybridized carbons (Fsp3) is 0.385. The summed E-state index contributed by atoms with van der Waals surface area (Å²) < 4.78 is 22.6. The van der Waals surface area contributed by atoms with E-state index >= 15 is 0 Å². The molecular weight excluding hydrogens is 234 g/mol. The van der Waals surface area contributed by atoms with Gasteiger partial charge in [-0.2, -0.15) is 0 Å². The third kappa shape index (κ3) is 4.61. The Morgan fingerprint density at radius 1 is 1.35 bits per heavy atom. The summed E-state index contributed by atoms with van der Waals surface area (Å²) in [7, 11) is -3.10. The van der Waals surface area contributed by atoms with Crippen LogP contribution in [0.1, 0.15) is 19.8 Å². The largest absolute Gasteiger partial charge is 0.383 e. The van der Waals surface area contributed by atoms with Gasteiger partial charge in [-0.15, -0.1) is 6.58 Å². The molecule has 0 radical (unpaired) electrons. The molecule has 3 nitrogen and oxygen atoms in total. The zero-order chi connectivity index (χ0) is 12.9. The van der Waals surface area contributed by atoms with Gasteiger partial charge in [0.1, 0.15) is 0 Å². The number of anilines is 1. The van der Waals surface area contributed by atoms with Gasteiger partial charge in [-0.05, 0) is 44.0 Å². The third-order valence-corrected chi connectivity index (χ3v) is 3.63. The van der Waals surface area contributed by atoms with Crippen LogP contribution in [0.15, 0.2) is 41.8 Å². The fourth-order valence-corrected chi connectivity index (χ4v) is 2.15. The van der Waals surface area contributed by atoms with Crippen LogP contribution in [-0.2, 0) is 9.84 Å². The highest BCUT2D eigenvalue weighted by Crippen LogP contribution is 2.15. The number of hydrogen-bond donors (Lipinski definition) is 1. The Bertz CT molecular complexity index is 463. The van der Waals surface area contributed by atoms with Crippen molar-refractivity contribution in [1.29, 1.82) is 0 Å². The lowest BCUT2D eigenvalue weighted by molar-refractivity contribution is 0.602. The Hall–Kier alpha value is -1.29. The lowest BCUT2D eigenvalue weighted by Gasteiger charge is -2.14. The van der Waals surface area contributed by atoms with Crippen molar-refractivity contribution < 1.29 is 8.42 Å². The van der Waals surface area contributed by atoms with Crippen molar-refractivity contribution in [3.05, 3.63) is 36.9 Å². The minimum atomic E-state index is -3.10. The second kappa shape index (κ2) is 5.87. The number of sulfone groups is 1. The zero-order valence-corrected chi connectivity index (χ0v) is 11.1. The number of hydrogen-bond acceptors (Lipinski definition) is 3. The average Bonchev–Trinajstić information content (AvgIpc) is 2.26. The number of benzene rings is 1. The Kier molecular flexibility index (Phi) is 4.75. The smallest absolute Gasteiger partial charge is 0.175 e. The summed E-state index contributed by atoms with van der Waals surface area (Å²) >= 11 is 0. The van der Waals surface area contributed by atoms with E-state index in [1.807, 2.05) is 6.08 Å². The van der Waals surface area contributed by atoms with Crippen LogP contribution in [0.4, 0.5) is 5.69 Å². The van der Waals surface area contributed by atoms with Crippen LogP contribution in [0.25, 0.3) is 0 Å². The van der Waals surface area contributed by atoms with Crippen molar-refractivity contribution in [2.75, 3.05) is 11.6 Å². The van der Waals surface area contributed by atoms with E-state index in [0.717, 1.165) is 18.5 Å². The maximum absolute atomic E-state index is 11.3. The van der Waals surface area contributed by atoms with Crippen LogP contribution >= 0.6 is 0 Å². The van der Waals surface area contributed by atoms with Gasteiger partial charge in [0.2, 0.25) is 0 Å². The van der Waals surface area contributed by atoms with Gasteiger partial charge in [-0.1, -0.05) is 6.08 Å². The SMILES string of the molecule is C=CCCC(C)Nc1ccc(S(C)(=O)=O)cc1. The predicted octanol–water partition coefficient (Wildman–Crippen LogP) is 2.86. The molecule has 0 aliphatic rings. The van der Waals surface area contributed by atoms with E-state index in [1.165, 1.54) is 6.26 Å². The average molecular weight is 253 g/mol. The molecule has 0 fully saturated rings. The lowest BCUT2D eigenvalue weighted by Crippen LogP contribution is -2.14. The first-order chi connectivity index (χ1) is 7.93. The fourth-order valence-electron chi connectivity index (χ4n) is 1.52. The molecule has 0 aromatic heterocycles. The van der Waals surface area contributed by atoms with Crippen LogP contribution in [-0.4, -0.2) is 20.7 Å². The lowest BCUT2D eigenvalue weighted by atomic mass is 10.1. The topological polar surface area (TPSA) is 46.2 Å². The standard InChI is InChI=1S/C13H19NO2S/c1-4-5-6-11(2)14-12-7-9-13(10-8-12)17(3,15)16/h4,7-11,14H,1,5-6H2,2-3H3. The van der Waals surface area contributed by atoms with Crippen molar-refractivity contribution >= 4 is 15.5 Å². The van der Waals surface area contributed by atoms with E-state index in [2.05, 4.69) is 18.8 Å². The molecular formula is C13H19NO2S. The Labute approximate surface area is 103 Å². The first-order valence-electron chi connectivity index (χ1n) is 5.61. The number of rotatable bonds is 6. The highest BCUT2D eigenvalue weighted by atomic mass is 32.2. The first kappa shape index (κ1) is 13.8. The van der Waals surface area contributed by atoms with Crippen molar-refractivity contribution in [2.24, 2.45) is 0 Å². The van der Waals surface area contributed by atoms with Crippen molar-refractivity contribution in [1.82, 2.24) is 0 Å². The third-order valence-electron chi connectivity index (χ3n) is 2.50. The molecule has 0 saturated carbocycles. The molecule has 1 rings (SSSR count). The summed E-state index contributed by atoms with van der Waals surface area (Å²) in [6, 6.07) is 7.18. The van der Waals surface area contributed by atoms with Gasteiger partial charge in [-0.3, -0.25) is 0 Å². The van der Waals surface area contributed by atoms with Crippen LogP contribution in [0.3, 0.4) is 0 Å².